The van der Waals surface area contributed by atoms with Gasteiger partial charge in [-0.25, -0.2) is 9.97 Å². The van der Waals surface area contributed by atoms with E-state index in [9.17, 15) is 0 Å². The average molecular weight is 351 g/mol. The first-order valence-electron chi connectivity index (χ1n) is 10.2. The second-order valence-electron chi connectivity index (χ2n) is 7.81. The van der Waals surface area contributed by atoms with E-state index >= 15 is 0 Å². The van der Waals surface area contributed by atoms with Gasteiger partial charge in [-0.3, -0.25) is 0 Å². The molecule has 4 rings (SSSR count). The number of hydrogen-bond acceptors (Lipinski definition) is 4. The van der Waals surface area contributed by atoms with Crippen LogP contribution in [-0.2, 0) is 6.42 Å². The second-order valence-corrected chi connectivity index (χ2v) is 7.81. The zero-order valence-electron chi connectivity index (χ0n) is 15.6. The zero-order valence-corrected chi connectivity index (χ0v) is 15.6. The molecule has 0 unspecified atom stereocenters. The van der Waals surface area contributed by atoms with Crippen molar-refractivity contribution < 1.29 is 0 Å². The van der Waals surface area contributed by atoms with Crippen molar-refractivity contribution in [3.8, 4) is 0 Å². The molecular weight excluding hydrogens is 320 g/mol. The average Bonchev–Trinajstić information content (AvgIpc) is 3.53. The van der Waals surface area contributed by atoms with Crippen LogP contribution >= 0.6 is 0 Å². The van der Waals surface area contributed by atoms with Gasteiger partial charge in [-0.05, 0) is 62.6 Å². The standard InChI is InChI=1S/C22H30N4/c1-2-6-19(7-3-1)8-4-15-25-16-11-21(12-17-25)26(18-20-9-10-20)22-23-13-5-14-24-22/h1-3,5-7,13-14,20-21H,4,8-12,15-18H2. The molecule has 1 aromatic heterocycles. The molecule has 0 bridgehead atoms. The highest BCUT2D eigenvalue weighted by Crippen LogP contribution is 2.32. The summed E-state index contributed by atoms with van der Waals surface area (Å²) in [4.78, 5) is 14.2. The van der Waals surface area contributed by atoms with Crippen LogP contribution in [0.3, 0.4) is 0 Å². The Kier molecular flexibility index (Phi) is 5.80. The molecule has 2 heterocycles. The van der Waals surface area contributed by atoms with Gasteiger partial charge in [0.2, 0.25) is 5.95 Å². The summed E-state index contributed by atoms with van der Waals surface area (Å²) in [7, 11) is 0. The maximum atomic E-state index is 4.54. The van der Waals surface area contributed by atoms with Gasteiger partial charge >= 0.3 is 0 Å². The van der Waals surface area contributed by atoms with Crippen molar-refractivity contribution in [1.82, 2.24) is 14.9 Å². The number of rotatable bonds is 8. The summed E-state index contributed by atoms with van der Waals surface area (Å²) < 4.78 is 0. The molecule has 1 saturated heterocycles. The van der Waals surface area contributed by atoms with E-state index in [0.717, 1.165) is 18.4 Å². The highest BCUT2D eigenvalue weighted by atomic mass is 15.3. The van der Waals surface area contributed by atoms with Gasteiger partial charge in [0.15, 0.2) is 0 Å². The lowest BCUT2D eigenvalue weighted by Gasteiger charge is -2.38. The van der Waals surface area contributed by atoms with Gasteiger partial charge in [0, 0.05) is 38.1 Å². The van der Waals surface area contributed by atoms with Gasteiger partial charge in [-0.1, -0.05) is 30.3 Å². The van der Waals surface area contributed by atoms with E-state index in [1.54, 1.807) is 0 Å². The van der Waals surface area contributed by atoms with Crippen molar-refractivity contribution in [2.75, 3.05) is 31.1 Å². The number of anilines is 1. The number of hydrogen-bond donors (Lipinski definition) is 0. The third kappa shape index (κ3) is 4.82. The molecule has 26 heavy (non-hydrogen) atoms. The molecular formula is C22H30N4. The predicted molar refractivity (Wildman–Crippen MR) is 106 cm³/mol. The summed E-state index contributed by atoms with van der Waals surface area (Å²) in [5.74, 6) is 1.80. The van der Waals surface area contributed by atoms with Crippen LogP contribution in [0.5, 0.6) is 0 Å². The van der Waals surface area contributed by atoms with Crippen LogP contribution in [0.25, 0.3) is 0 Å². The molecule has 0 atom stereocenters. The smallest absolute Gasteiger partial charge is 0.225 e. The fourth-order valence-corrected chi connectivity index (χ4v) is 4.02. The fraction of sp³-hybridized carbons (Fsp3) is 0.545. The Morgan fingerprint density at radius 2 is 1.65 bits per heavy atom. The molecule has 4 heteroatoms. The molecule has 0 amide bonds. The van der Waals surface area contributed by atoms with E-state index in [1.165, 1.54) is 63.7 Å². The van der Waals surface area contributed by atoms with Crippen LogP contribution in [0.2, 0.25) is 0 Å². The van der Waals surface area contributed by atoms with E-state index in [4.69, 9.17) is 0 Å². The lowest BCUT2D eigenvalue weighted by molar-refractivity contribution is 0.205. The van der Waals surface area contributed by atoms with E-state index in [-0.39, 0.29) is 0 Å². The Morgan fingerprint density at radius 3 is 2.35 bits per heavy atom. The third-order valence-electron chi connectivity index (χ3n) is 5.74. The second kappa shape index (κ2) is 8.63. The van der Waals surface area contributed by atoms with Crippen LogP contribution in [-0.4, -0.2) is 47.1 Å². The molecule has 0 radical (unpaired) electrons. The lowest BCUT2D eigenvalue weighted by Crippen LogP contribution is -2.46. The number of aryl methyl sites for hydroxylation is 1. The highest BCUT2D eigenvalue weighted by molar-refractivity contribution is 5.31. The van der Waals surface area contributed by atoms with Crippen molar-refractivity contribution in [3.63, 3.8) is 0 Å². The largest absolute Gasteiger partial charge is 0.337 e. The Balaban J connectivity index is 1.26. The van der Waals surface area contributed by atoms with Crippen LogP contribution < -0.4 is 4.90 Å². The van der Waals surface area contributed by atoms with Crippen LogP contribution in [0.4, 0.5) is 5.95 Å². The molecule has 1 aliphatic heterocycles. The van der Waals surface area contributed by atoms with Gasteiger partial charge in [0.05, 0.1) is 0 Å². The van der Waals surface area contributed by atoms with Crippen LogP contribution in [0.1, 0.15) is 37.7 Å². The first-order valence-corrected chi connectivity index (χ1v) is 10.2. The summed E-state index contributed by atoms with van der Waals surface area (Å²) in [5, 5.41) is 0. The minimum atomic E-state index is 0.600. The number of nitrogens with zero attached hydrogens (tertiary/aromatic N) is 4. The Morgan fingerprint density at radius 1 is 0.923 bits per heavy atom. The molecule has 2 aliphatic rings. The van der Waals surface area contributed by atoms with Crippen molar-refractivity contribution >= 4 is 5.95 Å². The Hall–Kier alpha value is -1.94. The summed E-state index contributed by atoms with van der Waals surface area (Å²) in [6, 6.07) is 13.4. The van der Waals surface area contributed by atoms with Crippen molar-refractivity contribution in [1.29, 1.82) is 0 Å². The first kappa shape index (κ1) is 17.5. The van der Waals surface area contributed by atoms with Crippen LogP contribution in [0.15, 0.2) is 48.8 Å². The molecule has 0 N–H and O–H groups in total. The van der Waals surface area contributed by atoms with Crippen LogP contribution in [0, 0.1) is 5.92 Å². The first-order chi connectivity index (χ1) is 12.9. The number of aromatic nitrogens is 2. The topological polar surface area (TPSA) is 32.3 Å². The predicted octanol–water partition coefficient (Wildman–Crippen LogP) is 3.79. The lowest BCUT2D eigenvalue weighted by atomic mass is 10.0. The molecule has 0 spiro atoms. The molecule has 1 aliphatic carbocycles. The maximum absolute atomic E-state index is 4.54. The quantitative estimate of drug-likeness (QED) is 0.725. The molecule has 1 aromatic carbocycles. The monoisotopic (exact) mass is 350 g/mol. The fourth-order valence-electron chi connectivity index (χ4n) is 4.02. The maximum Gasteiger partial charge on any atom is 0.225 e. The van der Waals surface area contributed by atoms with Gasteiger partial charge < -0.3 is 9.80 Å². The minimum absolute atomic E-state index is 0.600. The van der Waals surface area contributed by atoms with E-state index in [2.05, 4.69) is 50.1 Å². The van der Waals surface area contributed by atoms with E-state index in [0.29, 0.717) is 6.04 Å². The van der Waals surface area contributed by atoms with Gasteiger partial charge in [0.25, 0.3) is 0 Å². The summed E-state index contributed by atoms with van der Waals surface area (Å²) in [6.45, 7) is 4.76. The van der Waals surface area contributed by atoms with Crippen molar-refractivity contribution in [2.24, 2.45) is 5.92 Å². The molecule has 1 saturated carbocycles. The molecule has 2 fully saturated rings. The number of likely N-dealkylation sites (tertiary alicyclic amines) is 1. The highest BCUT2D eigenvalue weighted by Gasteiger charge is 2.31. The Bertz CT molecular complexity index is 648. The SMILES string of the molecule is c1ccc(CCCN2CCC(N(CC3CC3)c3ncccn3)CC2)cc1. The molecule has 4 nitrogen and oxygen atoms in total. The normalized spacial score (nSPS) is 18.8. The Labute approximate surface area is 157 Å². The van der Waals surface area contributed by atoms with Crippen molar-refractivity contribution in [2.45, 2.75) is 44.6 Å². The van der Waals surface area contributed by atoms with Crippen molar-refractivity contribution in [3.05, 3.63) is 54.4 Å². The van der Waals surface area contributed by atoms with E-state index in [1.807, 2.05) is 18.5 Å². The number of piperidine rings is 1. The van der Waals surface area contributed by atoms with Gasteiger partial charge in [-0.2, -0.15) is 0 Å². The minimum Gasteiger partial charge on any atom is -0.337 e. The summed E-state index contributed by atoms with van der Waals surface area (Å²) in [5.41, 5.74) is 1.46. The zero-order chi connectivity index (χ0) is 17.6. The molecule has 138 valence electrons. The van der Waals surface area contributed by atoms with Gasteiger partial charge in [0.1, 0.15) is 0 Å². The number of benzene rings is 1. The van der Waals surface area contributed by atoms with E-state index < -0.39 is 0 Å². The summed E-state index contributed by atoms with van der Waals surface area (Å²) >= 11 is 0. The summed E-state index contributed by atoms with van der Waals surface area (Å²) in [6.07, 6.45) is 11.4. The third-order valence-corrected chi connectivity index (χ3v) is 5.74. The van der Waals surface area contributed by atoms with Gasteiger partial charge in [-0.15, -0.1) is 0 Å². The molecule has 2 aromatic rings.